The lowest BCUT2D eigenvalue weighted by Crippen LogP contribution is -2.33. The molecule has 0 amide bonds. The lowest BCUT2D eigenvalue weighted by atomic mass is 9.82. The Kier molecular flexibility index (Phi) is 7.60. The first-order valence-corrected chi connectivity index (χ1v) is 10.5. The predicted molar refractivity (Wildman–Crippen MR) is 116 cm³/mol. The van der Waals surface area contributed by atoms with Gasteiger partial charge in [-0.2, -0.15) is 0 Å². The summed E-state index contributed by atoms with van der Waals surface area (Å²) in [6, 6.07) is 17.0. The van der Waals surface area contributed by atoms with E-state index in [-0.39, 0.29) is 12.8 Å². The van der Waals surface area contributed by atoms with Crippen molar-refractivity contribution in [1.29, 1.82) is 0 Å². The van der Waals surface area contributed by atoms with Gasteiger partial charge < -0.3 is 10.2 Å². The van der Waals surface area contributed by atoms with E-state index in [4.69, 9.17) is 0 Å². The summed E-state index contributed by atoms with van der Waals surface area (Å²) >= 11 is 0. The number of benzene rings is 2. The van der Waals surface area contributed by atoms with Gasteiger partial charge in [0.05, 0.1) is 25.4 Å². The number of aryl methyl sites for hydroxylation is 3. The van der Waals surface area contributed by atoms with Gasteiger partial charge in [0, 0.05) is 0 Å². The fraction of sp³-hybridized carbons (Fsp3) is 0.320. The highest BCUT2D eigenvalue weighted by Gasteiger charge is 2.33. The molecule has 3 aromatic rings. The van der Waals surface area contributed by atoms with Crippen molar-refractivity contribution >= 4 is 11.9 Å². The standard InChI is InChI=1S/C25H28N2O4/c1-26-14-15-27(18-26)13-5-8-19-9-11-21(12-10-19)17-23(25(30)31)22(24(28)29)16-20-6-3-2-4-7-20/h2-4,6-7,9-12,14-15,18,22-23H,5,8,13,16-17H2,1H3,(H-,28,29,30,31)/p+1/t22-,23-/m0/s1. The molecule has 2 atom stereocenters. The van der Waals surface area contributed by atoms with Gasteiger partial charge in [-0.25, -0.2) is 9.13 Å². The van der Waals surface area contributed by atoms with E-state index in [0.29, 0.717) is 0 Å². The largest absolute Gasteiger partial charge is 0.481 e. The lowest BCUT2D eigenvalue weighted by Gasteiger charge is -2.21. The zero-order chi connectivity index (χ0) is 22.2. The van der Waals surface area contributed by atoms with Gasteiger partial charge in [0.25, 0.3) is 0 Å². The van der Waals surface area contributed by atoms with E-state index < -0.39 is 23.8 Å². The Bertz CT molecular complexity index is 996. The molecule has 6 nitrogen and oxygen atoms in total. The molecule has 162 valence electrons. The van der Waals surface area contributed by atoms with Crippen molar-refractivity contribution < 1.29 is 24.4 Å². The zero-order valence-electron chi connectivity index (χ0n) is 17.7. The highest BCUT2D eigenvalue weighted by molar-refractivity contribution is 5.80. The van der Waals surface area contributed by atoms with Crippen molar-refractivity contribution in [2.75, 3.05) is 0 Å². The number of carboxylic acids is 2. The monoisotopic (exact) mass is 421 g/mol. The van der Waals surface area contributed by atoms with Crippen LogP contribution in [0.1, 0.15) is 23.1 Å². The molecule has 0 saturated heterocycles. The van der Waals surface area contributed by atoms with Crippen molar-refractivity contribution in [1.82, 2.24) is 4.57 Å². The smallest absolute Gasteiger partial charge is 0.307 e. The lowest BCUT2D eigenvalue weighted by molar-refractivity contribution is -0.671. The van der Waals surface area contributed by atoms with Crippen LogP contribution in [0.5, 0.6) is 0 Å². The third-order valence-corrected chi connectivity index (χ3v) is 5.60. The zero-order valence-corrected chi connectivity index (χ0v) is 17.7. The Balaban J connectivity index is 1.62. The van der Waals surface area contributed by atoms with E-state index in [0.717, 1.165) is 30.5 Å². The number of aliphatic carboxylic acids is 2. The summed E-state index contributed by atoms with van der Waals surface area (Å²) in [5, 5.41) is 19.4. The minimum Gasteiger partial charge on any atom is -0.481 e. The third kappa shape index (κ3) is 6.54. The molecule has 0 aliphatic carbocycles. The first kappa shape index (κ1) is 22.3. The highest BCUT2D eigenvalue weighted by Crippen LogP contribution is 2.23. The number of carboxylic acid groups (broad SMARTS) is 2. The number of aromatic nitrogens is 2. The number of carbonyl (C=O) groups is 2. The molecule has 0 fully saturated rings. The van der Waals surface area contributed by atoms with Crippen LogP contribution in [0.3, 0.4) is 0 Å². The minimum atomic E-state index is -1.08. The summed E-state index contributed by atoms with van der Waals surface area (Å²) in [5.41, 5.74) is 2.85. The van der Waals surface area contributed by atoms with Crippen molar-refractivity contribution in [3.05, 3.63) is 90.0 Å². The van der Waals surface area contributed by atoms with Crippen molar-refractivity contribution in [3.8, 4) is 0 Å². The first-order chi connectivity index (χ1) is 14.9. The molecular formula is C25H29N2O4+. The summed E-state index contributed by atoms with van der Waals surface area (Å²) in [4.78, 5) is 23.8. The van der Waals surface area contributed by atoms with E-state index >= 15 is 0 Å². The van der Waals surface area contributed by atoms with Crippen LogP contribution in [0, 0.1) is 11.8 Å². The molecule has 6 heteroatoms. The number of hydrogen-bond donors (Lipinski definition) is 2. The third-order valence-electron chi connectivity index (χ3n) is 5.60. The fourth-order valence-electron chi connectivity index (χ4n) is 3.87. The van der Waals surface area contributed by atoms with Crippen LogP contribution in [0.4, 0.5) is 0 Å². The molecule has 31 heavy (non-hydrogen) atoms. The van der Waals surface area contributed by atoms with Gasteiger partial charge in [0.1, 0.15) is 12.4 Å². The average molecular weight is 422 g/mol. The van der Waals surface area contributed by atoms with E-state index in [9.17, 15) is 19.8 Å². The van der Waals surface area contributed by atoms with Crippen LogP contribution >= 0.6 is 0 Å². The Hall–Kier alpha value is -3.41. The van der Waals surface area contributed by atoms with E-state index in [1.165, 1.54) is 5.56 Å². The van der Waals surface area contributed by atoms with Crippen LogP contribution in [0.15, 0.2) is 73.3 Å². The average Bonchev–Trinajstić information content (AvgIpc) is 3.17. The molecule has 1 aromatic heterocycles. The number of imidazole rings is 1. The summed E-state index contributed by atoms with van der Waals surface area (Å²) < 4.78 is 4.15. The van der Waals surface area contributed by atoms with Crippen molar-refractivity contribution in [2.45, 2.75) is 32.2 Å². The van der Waals surface area contributed by atoms with E-state index in [2.05, 4.69) is 4.57 Å². The highest BCUT2D eigenvalue weighted by atomic mass is 16.4. The van der Waals surface area contributed by atoms with Crippen LogP contribution in [0.25, 0.3) is 0 Å². The molecular weight excluding hydrogens is 392 g/mol. The van der Waals surface area contributed by atoms with Gasteiger partial charge in [-0.3, -0.25) is 9.59 Å². The van der Waals surface area contributed by atoms with Crippen molar-refractivity contribution in [2.24, 2.45) is 18.9 Å². The maximum Gasteiger partial charge on any atom is 0.307 e. The molecule has 3 rings (SSSR count). The predicted octanol–water partition coefficient (Wildman–Crippen LogP) is 3.13. The second kappa shape index (κ2) is 10.6. The van der Waals surface area contributed by atoms with Gasteiger partial charge in [0.15, 0.2) is 0 Å². The molecule has 2 aromatic carbocycles. The number of rotatable bonds is 11. The molecule has 0 radical (unpaired) electrons. The topological polar surface area (TPSA) is 83.4 Å². The van der Waals surface area contributed by atoms with Crippen LogP contribution < -0.4 is 4.57 Å². The first-order valence-electron chi connectivity index (χ1n) is 10.5. The molecule has 0 unspecified atom stereocenters. The molecule has 0 aliphatic heterocycles. The Morgan fingerprint density at radius 3 is 1.94 bits per heavy atom. The molecule has 1 heterocycles. The summed E-state index contributed by atoms with van der Waals surface area (Å²) in [5.74, 6) is -4.13. The van der Waals surface area contributed by atoms with Crippen LogP contribution in [-0.4, -0.2) is 26.7 Å². The van der Waals surface area contributed by atoms with Gasteiger partial charge in [-0.05, 0) is 42.4 Å². The molecule has 0 bridgehead atoms. The Morgan fingerprint density at radius 2 is 1.42 bits per heavy atom. The van der Waals surface area contributed by atoms with E-state index in [1.54, 1.807) is 0 Å². The Morgan fingerprint density at radius 1 is 0.871 bits per heavy atom. The normalized spacial score (nSPS) is 12.9. The van der Waals surface area contributed by atoms with Gasteiger partial charge in [-0.15, -0.1) is 0 Å². The maximum atomic E-state index is 11.9. The van der Waals surface area contributed by atoms with Gasteiger partial charge >= 0.3 is 11.9 Å². The second-order valence-corrected chi connectivity index (χ2v) is 8.02. The minimum absolute atomic E-state index is 0.194. The maximum absolute atomic E-state index is 11.9. The summed E-state index contributed by atoms with van der Waals surface area (Å²) in [7, 11) is 1.99. The SMILES string of the molecule is C[n+]1ccn(CCCc2ccc(C[C@H](C(=O)O)[C@H](Cc3ccccc3)C(=O)O)cc2)c1. The molecule has 0 aliphatic rings. The van der Waals surface area contributed by atoms with Crippen LogP contribution in [-0.2, 0) is 42.4 Å². The van der Waals surface area contributed by atoms with Gasteiger partial charge in [0.2, 0.25) is 6.33 Å². The van der Waals surface area contributed by atoms with E-state index in [1.807, 2.05) is 84.9 Å². The number of hydrogen-bond acceptors (Lipinski definition) is 2. The molecule has 0 saturated carbocycles. The second-order valence-electron chi connectivity index (χ2n) is 8.02. The van der Waals surface area contributed by atoms with Gasteiger partial charge in [-0.1, -0.05) is 54.6 Å². The summed E-state index contributed by atoms with van der Waals surface area (Å²) in [6.07, 6.45) is 8.42. The quantitative estimate of drug-likeness (QED) is 0.466. The fourth-order valence-corrected chi connectivity index (χ4v) is 3.87. The summed E-state index contributed by atoms with van der Waals surface area (Å²) in [6.45, 7) is 0.934. The molecule has 0 spiro atoms. The number of nitrogens with zero attached hydrogens (tertiary/aromatic N) is 2. The molecule has 2 N–H and O–H groups in total. The Labute approximate surface area is 182 Å². The van der Waals surface area contributed by atoms with Crippen molar-refractivity contribution in [3.63, 3.8) is 0 Å². The van der Waals surface area contributed by atoms with Crippen LogP contribution in [0.2, 0.25) is 0 Å².